The van der Waals surface area contributed by atoms with Crippen LogP contribution in [-0.2, 0) is 22.1 Å². The normalized spacial score (nSPS) is 17.2. The van der Waals surface area contributed by atoms with Gasteiger partial charge in [0, 0.05) is 6.54 Å². The maximum absolute atomic E-state index is 13.1. The molecule has 0 spiro atoms. The molecule has 0 aromatic heterocycles. The van der Waals surface area contributed by atoms with Crippen molar-refractivity contribution in [2.75, 3.05) is 0 Å². The van der Waals surface area contributed by atoms with Crippen molar-refractivity contribution in [1.29, 1.82) is 0 Å². The third kappa shape index (κ3) is 2.90. The molecule has 18 heavy (non-hydrogen) atoms. The van der Waals surface area contributed by atoms with E-state index in [1.165, 1.54) is 18.2 Å². The van der Waals surface area contributed by atoms with Gasteiger partial charge in [-0.25, -0.2) is 12.8 Å². The van der Waals surface area contributed by atoms with Crippen molar-refractivity contribution < 1.29 is 12.8 Å². The van der Waals surface area contributed by atoms with Gasteiger partial charge in [-0.3, -0.25) is 0 Å². The summed E-state index contributed by atoms with van der Waals surface area (Å²) in [6.07, 6.45) is 3.47. The molecule has 0 amide bonds. The van der Waals surface area contributed by atoms with Gasteiger partial charge in [0.1, 0.15) is 5.82 Å². The second-order valence-corrected chi connectivity index (χ2v) is 7.11. The molecule has 0 heterocycles. The first-order valence-electron chi connectivity index (χ1n) is 6.22. The van der Waals surface area contributed by atoms with E-state index in [4.69, 9.17) is 5.73 Å². The van der Waals surface area contributed by atoms with Gasteiger partial charge in [0.25, 0.3) is 0 Å². The standard InChI is InChI=1S/C13H18FNO2S/c14-12-6-5-10(11(7-12)8-15)9-18(16,17)13-3-1-2-4-13/h5-7,13H,1-4,8-9,15H2. The van der Waals surface area contributed by atoms with E-state index in [1.54, 1.807) is 0 Å². The van der Waals surface area contributed by atoms with Crippen molar-refractivity contribution in [3.8, 4) is 0 Å². The Morgan fingerprint density at radius 2 is 1.89 bits per heavy atom. The zero-order chi connectivity index (χ0) is 13.2. The molecule has 3 nitrogen and oxygen atoms in total. The summed E-state index contributed by atoms with van der Waals surface area (Å²) in [7, 11) is -3.14. The lowest BCUT2D eigenvalue weighted by Crippen LogP contribution is -2.20. The van der Waals surface area contributed by atoms with Crippen LogP contribution in [0.2, 0.25) is 0 Å². The third-order valence-electron chi connectivity index (χ3n) is 3.55. The molecule has 0 radical (unpaired) electrons. The molecule has 1 saturated carbocycles. The number of nitrogens with two attached hydrogens (primary N) is 1. The molecule has 100 valence electrons. The summed E-state index contributed by atoms with van der Waals surface area (Å²) in [5.74, 6) is -0.401. The maximum atomic E-state index is 13.1. The van der Waals surface area contributed by atoms with E-state index in [1.807, 2.05) is 0 Å². The lowest BCUT2D eigenvalue weighted by molar-refractivity contribution is 0.578. The highest BCUT2D eigenvalue weighted by atomic mass is 32.2. The lowest BCUT2D eigenvalue weighted by atomic mass is 10.1. The van der Waals surface area contributed by atoms with E-state index in [2.05, 4.69) is 0 Å². The van der Waals surface area contributed by atoms with Crippen molar-refractivity contribution in [3.05, 3.63) is 35.1 Å². The molecule has 1 aromatic carbocycles. The molecule has 0 unspecified atom stereocenters. The summed E-state index contributed by atoms with van der Waals surface area (Å²) in [6, 6.07) is 4.14. The average Bonchev–Trinajstić information content (AvgIpc) is 2.85. The molecule has 0 saturated heterocycles. The van der Waals surface area contributed by atoms with Gasteiger partial charge in [-0.2, -0.15) is 0 Å². The van der Waals surface area contributed by atoms with Gasteiger partial charge in [-0.05, 0) is 36.1 Å². The Hall–Kier alpha value is -0.940. The van der Waals surface area contributed by atoms with Crippen molar-refractivity contribution >= 4 is 9.84 Å². The molecule has 2 rings (SSSR count). The summed E-state index contributed by atoms with van der Waals surface area (Å²) >= 11 is 0. The Labute approximate surface area is 107 Å². The van der Waals surface area contributed by atoms with Crippen LogP contribution >= 0.6 is 0 Å². The smallest absolute Gasteiger partial charge is 0.157 e. The van der Waals surface area contributed by atoms with Gasteiger partial charge in [0.05, 0.1) is 11.0 Å². The predicted molar refractivity (Wildman–Crippen MR) is 69.2 cm³/mol. The van der Waals surface area contributed by atoms with Crippen LogP contribution in [0.3, 0.4) is 0 Å². The van der Waals surface area contributed by atoms with Gasteiger partial charge >= 0.3 is 0 Å². The number of rotatable bonds is 4. The molecule has 1 aliphatic rings. The molecule has 1 aromatic rings. The molecule has 0 aliphatic heterocycles. The van der Waals surface area contributed by atoms with Crippen molar-refractivity contribution in [2.45, 2.75) is 43.2 Å². The molecular weight excluding hydrogens is 253 g/mol. The van der Waals surface area contributed by atoms with E-state index in [0.717, 1.165) is 25.7 Å². The second kappa shape index (κ2) is 5.36. The Bertz CT molecular complexity index is 522. The highest BCUT2D eigenvalue weighted by Gasteiger charge is 2.29. The summed E-state index contributed by atoms with van der Waals surface area (Å²) in [4.78, 5) is 0. The summed E-state index contributed by atoms with van der Waals surface area (Å²) in [6.45, 7) is 0.160. The molecule has 1 fully saturated rings. The third-order valence-corrected chi connectivity index (χ3v) is 5.76. The summed E-state index contributed by atoms with van der Waals surface area (Å²) < 4.78 is 37.5. The van der Waals surface area contributed by atoms with Crippen molar-refractivity contribution in [2.24, 2.45) is 5.73 Å². The molecule has 0 atom stereocenters. The molecular formula is C13H18FNO2S. The molecule has 0 bridgehead atoms. The highest BCUT2D eigenvalue weighted by Crippen LogP contribution is 2.27. The van der Waals surface area contributed by atoms with Gasteiger partial charge in [0.2, 0.25) is 0 Å². The largest absolute Gasteiger partial charge is 0.326 e. The number of hydrogen-bond donors (Lipinski definition) is 1. The Morgan fingerprint density at radius 3 is 2.50 bits per heavy atom. The number of halogens is 1. The van der Waals surface area contributed by atoms with Crippen LogP contribution < -0.4 is 5.73 Å². The quantitative estimate of drug-likeness (QED) is 0.912. The number of benzene rings is 1. The Kier molecular flexibility index (Phi) is 4.02. The predicted octanol–water partition coefficient (Wildman–Crippen LogP) is 2.14. The fourth-order valence-corrected chi connectivity index (χ4v) is 4.51. The topological polar surface area (TPSA) is 60.2 Å². The molecule has 2 N–H and O–H groups in total. The SMILES string of the molecule is NCc1cc(F)ccc1CS(=O)(=O)C1CCCC1. The van der Waals surface area contributed by atoms with E-state index in [0.29, 0.717) is 11.1 Å². The summed E-state index contributed by atoms with van der Waals surface area (Å²) in [5.41, 5.74) is 6.74. The first kappa shape index (κ1) is 13.5. The zero-order valence-corrected chi connectivity index (χ0v) is 11.0. The van der Waals surface area contributed by atoms with Crippen LogP contribution in [0, 0.1) is 5.82 Å². The monoisotopic (exact) mass is 271 g/mol. The van der Waals surface area contributed by atoms with Crippen molar-refractivity contribution in [3.63, 3.8) is 0 Å². The van der Waals surface area contributed by atoms with Gasteiger partial charge < -0.3 is 5.73 Å². The van der Waals surface area contributed by atoms with Gasteiger partial charge in [0.15, 0.2) is 9.84 Å². The summed E-state index contributed by atoms with van der Waals surface area (Å²) in [5, 5.41) is -0.229. The van der Waals surface area contributed by atoms with E-state index < -0.39 is 9.84 Å². The second-order valence-electron chi connectivity index (χ2n) is 4.83. The molecule has 5 heteroatoms. The number of hydrogen-bond acceptors (Lipinski definition) is 3. The van der Waals surface area contributed by atoms with Crippen LogP contribution in [0.1, 0.15) is 36.8 Å². The number of sulfone groups is 1. The highest BCUT2D eigenvalue weighted by molar-refractivity contribution is 7.91. The van der Waals surface area contributed by atoms with Crippen LogP contribution in [0.25, 0.3) is 0 Å². The van der Waals surface area contributed by atoms with Crippen LogP contribution in [0.4, 0.5) is 4.39 Å². The van der Waals surface area contributed by atoms with Gasteiger partial charge in [-0.1, -0.05) is 18.9 Å². The first-order chi connectivity index (χ1) is 8.53. The minimum atomic E-state index is -3.14. The van der Waals surface area contributed by atoms with E-state index in [-0.39, 0.29) is 23.4 Å². The first-order valence-corrected chi connectivity index (χ1v) is 7.93. The van der Waals surface area contributed by atoms with E-state index >= 15 is 0 Å². The minimum absolute atomic E-state index is 0.0233. The fraction of sp³-hybridized carbons (Fsp3) is 0.538. The average molecular weight is 271 g/mol. The zero-order valence-electron chi connectivity index (χ0n) is 10.2. The lowest BCUT2D eigenvalue weighted by Gasteiger charge is -2.13. The fourth-order valence-electron chi connectivity index (χ4n) is 2.51. The van der Waals surface area contributed by atoms with E-state index in [9.17, 15) is 12.8 Å². The van der Waals surface area contributed by atoms with Crippen molar-refractivity contribution in [1.82, 2.24) is 0 Å². The Morgan fingerprint density at radius 1 is 1.22 bits per heavy atom. The van der Waals surface area contributed by atoms with Crippen LogP contribution in [0.15, 0.2) is 18.2 Å². The maximum Gasteiger partial charge on any atom is 0.157 e. The van der Waals surface area contributed by atoms with Crippen LogP contribution in [0.5, 0.6) is 0 Å². The van der Waals surface area contributed by atoms with Gasteiger partial charge in [-0.15, -0.1) is 0 Å². The minimum Gasteiger partial charge on any atom is -0.326 e. The Balaban J connectivity index is 2.23. The molecule has 1 aliphatic carbocycles. The van der Waals surface area contributed by atoms with Crippen LogP contribution in [-0.4, -0.2) is 13.7 Å².